The number of nitriles is 1. The van der Waals surface area contributed by atoms with Gasteiger partial charge in [0.15, 0.2) is 0 Å². The standard InChI is InChI=1S/C13H14N4/c1-10-13(9-17(2)16-10)15-8-12-5-3-4-11(6-12)7-14/h3-6,9,15H,8H2,1-2H3. The molecule has 0 radical (unpaired) electrons. The van der Waals surface area contributed by atoms with Crippen molar-refractivity contribution in [2.24, 2.45) is 7.05 Å². The van der Waals surface area contributed by atoms with Gasteiger partial charge in [-0.05, 0) is 24.6 Å². The zero-order chi connectivity index (χ0) is 12.3. The first-order valence-electron chi connectivity index (χ1n) is 5.42. The van der Waals surface area contributed by atoms with E-state index >= 15 is 0 Å². The molecule has 0 aliphatic carbocycles. The van der Waals surface area contributed by atoms with Crippen LogP contribution in [0.1, 0.15) is 16.8 Å². The minimum Gasteiger partial charge on any atom is -0.378 e. The van der Waals surface area contributed by atoms with E-state index in [-0.39, 0.29) is 0 Å². The maximum Gasteiger partial charge on any atom is 0.0991 e. The van der Waals surface area contributed by atoms with Gasteiger partial charge in [-0.15, -0.1) is 0 Å². The molecular weight excluding hydrogens is 212 g/mol. The van der Waals surface area contributed by atoms with Gasteiger partial charge in [0.1, 0.15) is 0 Å². The highest BCUT2D eigenvalue weighted by molar-refractivity contribution is 5.46. The molecule has 0 unspecified atom stereocenters. The molecule has 0 aliphatic rings. The van der Waals surface area contributed by atoms with Gasteiger partial charge < -0.3 is 5.32 Å². The molecule has 86 valence electrons. The van der Waals surface area contributed by atoms with Gasteiger partial charge in [0.2, 0.25) is 0 Å². The van der Waals surface area contributed by atoms with E-state index in [0.717, 1.165) is 16.9 Å². The lowest BCUT2D eigenvalue weighted by Crippen LogP contribution is -1.99. The summed E-state index contributed by atoms with van der Waals surface area (Å²) in [6.07, 6.45) is 1.95. The van der Waals surface area contributed by atoms with E-state index in [4.69, 9.17) is 5.26 Å². The van der Waals surface area contributed by atoms with Crippen molar-refractivity contribution in [2.45, 2.75) is 13.5 Å². The normalized spacial score (nSPS) is 9.94. The van der Waals surface area contributed by atoms with E-state index in [0.29, 0.717) is 12.1 Å². The van der Waals surface area contributed by atoms with E-state index < -0.39 is 0 Å². The Labute approximate surface area is 100 Å². The molecule has 0 bridgehead atoms. The van der Waals surface area contributed by atoms with Crippen LogP contribution in [0.25, 0.3) is 0 Å². The number of hydrogen-bond donors (Lipinski definition) is 1. The molecule has 0 spiro atoms. The molecule has 1 N–H and O–H groups in total. The van der Waals surface area contributed by atoms with Crippen LogP contribution in [0.15, 0.2) is 30.5 Å². The van der Waals surface area contributed by atoms with Crippen LogP contribution in [0.2, 0.25) is 0 Å². The monoisotopic (exact) mass is 226 g/mol. The van der Waals surface area contributed by atoms with Crippen molar-refractivity contribution < 1.29 is 0 Å². The molecule has 2 rings (SSSR count). The number of hydrogen-bond acceptors (Lipinski definition) is 3. The summed E-state index contributed by atoms with van der Waals surface area (Å²) in [5.41, 5.74) is 3.78. The lowest BCUT2D eigenvalue weighted by molar-refractivity contribution is 0.756. The Morgan fingerprint density at radius 1 is 1.47 bits per heavy atom. The highest BCUT2D eigenvalue weighted by atomic mass is 15.3. The van der Waals surface area contributed by atoms with Crippen molar-refractivity contribution in [3.8, 4) is 6.07 Å². The quantitative estimate of drug-likeness (QED) is 0.873. The fourth-order valence-corrected chi connectivity index (χ4v) is 1.72. The Morgan fingerprint density at radius 3 is 2.94 bits per heavy atom. The molecular formula is C13H14N4. The average Bonchev–Trinajstić information content (AvgIpc) is 2.65. The molecule has 0 atom stereocenters. The molecule has 0 aliphatic heterocycles. The van der Waals surface area contributed by atoms with Crippen molar-refractivity contribution in [1.29, 1.82) is 5.26 Å². The Morgan fingerprint density at radius 2 is 2.29 bits per heavy atom. The number of aryl methyl sites for hydroxylation is 2. The van der Waals surface area contributed by atoms with Gasteiger partial charge in [-0.25, -0.2) is 0 Å². The molecule has 1 aromatic carbocycles. The van der Waals surface area contributed by atoms with Crippen LogP contribution in [0, 0.1) is 18.3 Å². The predicted molar refractivity (Wildman–Crippen MR) is 66.4 cm³/mol. The minimum atomic E-state index is 0.687. The Balaban J connectivity index is 2.07. The van der Waals surface area contributed by atoms with Gasteiger partial charge in [0.05, 0.1) is 23.0 Å². The summed E-state index contributed by atoms with van der Waals surface area (Å²) in [6, 6.07) is 9.72. The number of benzene rings is 1. The lowest BCUT2D eigenvalue weighted by atomic mass is 10.1. The van der Waals surface area contributed by atoms with Gasteiger partial charge >= 0.3 is 0 Å². The molecule has 1 aromatic heterocycles. The summed E-state index contributed by atoms with van der Waals surface area (Å²) in [7, 11) is 1.90. The first kappa shape index (κ1) is 11.2. The number of rotatable bonds is 3. The molecule has 2 aromatic rings. The van der Waals surface area contributed by atoms with Crippen LogP contribution in [0.4, 0.5) is 5.69 Å². The SMILES string of the molecule is Cc1nn(C)cc1NCc1cccc(C#N)c1. The van der Waals surface area contributed by atoms with Crippen molar-refractivity contribution >= 4 is 5.69 Å². The number of nitrogens with one attached hydrogen (secondary N) is 1. The Hall–Kier alpha value is -2.28. The predicted octanol–water partition coefficient (Wildman–Crippen LogP) is 2.21. The number of anilines is 1. The highest BCUT2D eigenvalue weighted by Crippen LogP contribution is 2.13. The van der Waals surface area contributed by atoms with Crippen molar-refractivity contribution in [3.63, 3.8) is 0 Å². The summed E-state index contributed by atoms with van der Waals surface area (Å²) in [5.74, 6) is 0. The summed E-state index contributed by atoms with van der Waals surface area (Å²) >= 11 is 0. The van der Waals surface area contributed by atoms with E-state index in [1.54, 1.807) is 10.7 Å². The third kappa shape index (κ3) is 2.64. The molecule has 0 saturated heterocycles. The summed E-state index contributed by atoms with van der Waals surface area (Å²) < 4.78 is 1.78. The first-order valence-corrected chi connectivity index (χ1v) is 5.42. The topological polar surface area (TPSA) is 53.6 Å². The van der Waals surface area contributed by atoms with E-state index in [9.17, 15) is 0 Å². The van der Waals surface area contributed by atoms with Crippen LogP contribution in [-0.4, -0.2) is 9.78 Å². The molecule has 1 heterocycles. The summed E-state index contributed by atoms with van der Waals surface area (Å²) in [6.45, 7) is 2.66. The fourth-order valence-electron chi connectivity index (χ4n) is 1.72. The van der Waals surface area contributed by atoms with E-state index in [1.807, 2.05) is 38.4 Å². The van der Waals surface area contributed by atoms with Crippen LogP contribution < -0.4 is 5.32 Å². The van der Waals surface area contributed by atoms with Gasteiger partial charge in [-0.3, -0.25) is 4.68 Å². The largest absolute Gasteiger partial charge is 0.378 e. The average molecular weight is 226 g/mol. The van der Waals surface area contributed by atoms with Crippen molar-refractivity contribution in [3.05, 3.63) is 47.3 Å². The first-order chi connectivity index (χ1) is 8.19. The van der Waals surface area contributed by atoms with Gasteiger partial charge in [0.25, 0.3) is 0 Å². The Bertz CT molecular complexity index is 563. The molecule has 0 amide bonds. The summed E-state index contributed by atoms with van der Waals surface area (Å²) in [5, 5.41) is 16.4. The molecule has 4 heteroatoms. The second-order valence-corrected chi connectivity index (χ2v) is 3.97. The molecule has 0 saturated carbocycles. The second-order valence-electron chi connectivity index (χ2n) is 3.97. The maximum atomic E-state index is 8.81. The molecule has 4 nitrogen and oxygen atoms in total. The van der Waals surface area contributed by atoms with Crippen molar-refractivity contribution in [1.82, 2.24) is 9.78 Å². The third-order valence-corrected chi connectivity index (χ3v) is 2.55. The Kier molecular flexibility index (Phi) is 3.10. The molecule has 17 heavy (non-hydrogen) atoms. The molecule has 0 fully saturated rings. The van der Waals surface area contributed by atoms with Crippen LogP contribution in [-0.2, 0) is 13.6 Å². The lowest BCUT2D eigenvalue weighted by Gasteiger charge is -2.04. The number of aromatic nitrogens is 2. The van der Waals surface area contributed by atoms with Gasteiger partial charge in [-0.2, -0.15) is 10.4 Å². The minimum absolute atomic E-state index is 0.687. The summed E-state index contributed by atoms with van der Waals surface area (Å²) in [4.78, 5) is 0. The highest BCUT2D eigenvalue weighted by Gasteiger charge is 2.02. The van der Waals surface area contributed by atoms with Crippen LogP contribution in [0.3, 0.4) is 0 Å². The third-order valence-electron chi connectivity index (χ3n) is 2.55. The van der Waals surface area contributed by atoms with Crippen LogP contribution >= 0.6 is 0 Å². The van der Waals surface area contributed by atoms with Gasteiger partial charge in [-0.1, -0.05) is 12.1 Å². The van der Waals surface area contributed by atoms with Crippen molar-refractivity contribution in [2.75, 3.05) is 5.32 Å². The number of nitrogens with zero attached hydrogens (tertiary/aromatic N) is 3. The smallest absolute Gasteiger partial charge is 0.0991 e. The zero-order valence-corrected chi connectivity index (χ0v) is 9.94. The second kappa shape index (κ2) is 4.71. The van der Waals surface area contributed by atoms with Gasteiger partial charge in [0, 0.05) is 19.8 Å². The fraction of sp³-hybridized carbons (Fsp3) is 0.231. The zero-order valence-electron chi connectivity index (χ0n) is 9.94. The van der Waals surface area contributed by atoms with Crippen LogP contribution in [0.5, 0.6) is 0 Å². The van der Waals surface area contributed by atoms with E-state index in [2.05, 4.69) is 16.5 Å². The van der Waals surface area contributed by atoms with E-state index in [1.165, 1.54) is 0 Å². The maximum absolute atomic E-state index is 8.81.